The average Bonchev–Trinajstić information content (AvgIpc) is 2.55. The van der Waals surface area contributed by atoms with Gasteiger partial charge in [-0.2, -0.15) is 0 Å². The molecule has 0 fully saturated rings. The molecule has 0 unspecified atom stereocenters. The first kappa shape index (κ1) is 16.8. The summed E-state index contributed by atoms with van der Waals surface area (Å²) in [4.78, 5) is 26.3. The fourth-order valence-corrected chi connectivity index (χ4v) is 1.80. The van der Waals surface area contributed by atoms with Crippen molar-refractivity contribution in [2.75, 3.05) is 0 Å². The molecule has 0 saturated carbocycles. The number of phenols is 2. The second-order valence-electron chi connectivity index (χ2n) is 4.61. The fourth-order valence-electron chi connectivity index (χ4n) is 1.80. The van der Waals surface area contributed by atoms with Crippen LogP contribution in [-0.4, -0.2) is 21.3 Å². The number of rotatable bonds is 6. The number of phenolic OH excluding ortho intramolecular Hbond substituents is 2. The number of hydrogen-bond acceptors (Lipinski definition) is 7. The van der Waals surface area contributed by atoms with Gasteiger partial charge < -0.3 is 19.8 Å². The molecule has 2 rings (SSSR count). The maximum atomic E-state index is 11.8. The van der Waals surface area contributed by atoms with Crippen molar-refractivity contribution < 1.29 is 29.7 Å². The summed E-state index contributed by atoms with van der Waals surface area (Å²) in [6.45, 7) is -0.341. The molecule has 2 aromatic rings. The van der Waals surface area contributed by atoms with Crippen LogP contribution in [0.1, 0.15) is 11.1 Å². The van der Waals surface area contributed by atoms with Gasteiger partial charge in [0.05, 0.1) is 0 Å². The molecule has 0 aliphatic rings. The minimum atomic E-state index is -0.935. The van der Waals surface area contributed by atoms with Crippen LogP contribution >= 0.6 is 0 Å². The quantitative estimate of drug-likeness (QED) is 0.208. The van der Waals surface area contributed by atoms with Crippen LogP contribution in [0.2, 0.25) is 0 Å². The molecule has 0 atom stereocenters. The van der Waals surface area contributed by atoms with Gasteiger partial charge in [0, 0.05) is 11.6 Å². The van der Waals surface area contributed by atoms with Crippen LogP contribution in [0.25, 0.3) is 6.08 Å². The van der Waals surface area contributed by atoms with Crippen molar-refractivity contribution in [2.45, 2.75) is 6.61 Å². The predicted octanol–water partition coefficient (Wildman–Crippen LogP) is 2.42. The molecule has 0 aromatic heterocycles. The van der Waals surface area contributed by atoms with E-state index in [1.165, 1.54) is 36.4 Å². The van der Waals surface area contributed by atoms with Crippen molar-refractivity contribution in [1.29, 1.82) is 0 Å². The lowest BCUT2D eigenvalue weighted by Crippen LogP contribution is -2.07. The van der Waals surface area contributed by atoms with Crippen molar-refractivity contribution in [2.24, 2.45) is 0 Å². The summed E-state index contributed by atoms with van der Waals surface area (Å²) < 4.78 is 5.11. The molecule has 2 aromatic carbocycles. The van der Waals surface area contributed by atoms with E-state index in [4.69, 9.17) is 4.74 Å². The van der Waals surface area contributed by atoms with Gasteiger partial charge in [0.15, 0.2) is 11.5 Å². The Kier molecular flexibility index (Phi) is 5.35. The van der Waals surface area contributed by atoms with E-state index in [1.807, 2.05) is 0 Å². The maximum Gasteiger partial charge on any atom is 0.336 e. The van der Waals surface area contributed by atoms with E-state index in [0.29, 0.717) is 11.1 Å². The van der Waals surface area contributed by atoms with Crippen LogP contribution in [0.4, 0.5) is 0 Å². The lowest BCUT2D eigenvalue weighted by molar-refractivity contribution is -0.763. The molecule has 8 heteroatoms. The third-order valence-corrected chi connectivity index (χ3v) is 2.92. The molecule has 2 N–H and O–H groups in total. The number of hydrogen-bond donors (Lipinski definition) is 2. The van der Waals surface area contributed by atoms with E-state index >= 15 is 0 Å². The van der Waals surface area contributed by atoms with Gasteiger partial charge >= 0.3 is 5.97 Å². The van der Waals surface area contributed by atoms with E-state index in [-0.39, 0.29) is 23.9 Å². The Hall–Kier alpha value is -3.55. The summed E-state index contributed by atoms with van der Waals surface area (Å²) in [6.07, 6.45) is 2.51. The number of benzene rings is 2. The Bertz CT molecular complexity index is 786. The van der Waals surface area contributed by atoms with Crippen LogP contribution in [0.5, 0.6) is 17.2 Å². The molecular formula is C16H13NO7. The van der Waals surface area contributed by atoms with Gasteiger partial charge in [-0.25, -0.2) is 4.79 Å². The first-order valence-electron chi connectivity index (χ1n) is 6.73. The molecule has 0 radical (unpaired) electrons. The third kappa shape index (κ3) is 4.73. The van der Waals surface area contributed by atoms with Gasteiger partial charge in [0.25, 0.3) is 5.09 Å². The first-order chi connectivity index (χ1) is 11.5. The van der Waals surface area contributed by atoms with E-state index in [9.17, 15) is 25.1 Å². The molecule has 8 nitrogen and oxygen atoms in total. The van der Waals surface area contributed by atoms with Crippen LogP contribution in [0, 0.1) is 10.1 Å². The molecule has 24 heavy (non-hydrogen) atoms. The summed E-state index contributed by atoms with van der Waals surface area (Å²) >= 11 is 0. The number of nitrogens with zero attached hydrogens (tertiary/aromatic N) is 1. The van der Waals surface area contributed by atoms with Gasteiger partial charge in [0.1, 0.15) is 12.4 Å². The van der Waals surface area contributed by atoms with Crippen LogP contribution in [0.3, 0.4) is 0 Å². The molecule has 0 spiro atoms. The Morgan fingerprint density at radius 2 is 1.92 bits per heavy atom. The Morgan fingerprint density at radius 3 is 2.62 bits per heavy atom. The highest BCUT2D eigenvalue weighted by molar-refractivity contribution is 5.89. The van der Waals surface area contributed by atoms with Crippen molar-refractivity contribution in [1.82, 2.24) is 0 Å². The van der Waals surface area contributed by atoms with Gasteiger partial charge in [-0.15, -0.1) is 10.1 Å². The van der Waals surface area contributed by atoms with Gasteiger partial charge in [-0.3, -0.25) is 0 Å². The van der Waals surface area contributed by atoms with Gasteiger partial charge in [0.2, 0.25) is 0 Å². The first-order valence-corrected chi connectivity index (χ1v) is 6.73. The van der Waals surface area contributed by atoms with Gasteiger partial charge in [-0.05, 0) is 29.8 Å². The van der Waals surface area contributed by atoms with Crippen molar-refractivity contribution >= 4 is 12.0 Å². The number of ether oxygens (including phenoxy) is 1. The third-order valence-electron chi connectivity index (χ3n) is 2.92. The maximum absolute atomic E-state index is 11.8. The number of aromatic hydroxyl groups is 2. The van der Waals surface area contributed by atoms with E-state index in [0.717, 1.165) is 6.08 Å². The minimum Gasteiger partial charge on any atom is -0.504 e. The largest absolute Gasteiger partial charge is 0.504 e. The topological polar surface area (TPSA) is 119 Å². The Balaban J connectivity index is 2.05. The lowest BCUT2D eigenvalue weighted by Gasteiger charge is -2.07. The Morgan fingerprint density at radius 1 is 1.17 bits per heavy atom. The second-order valence-corrected chi connectivity index (χ2v) is 4.61. The summed E-state index contributed by atoms with van der Waals surface area (Å²) in [7, 11) is 0. The normalized spacial score (nSPS) is 10.5. The molecule has 124 valence electrons. The highest BCUT2D eigenvalue weighted by Crippen LogP contribution is 2.25. The number of esters is 1. The number of carbonyl (C=O) groups excluding carboxylic acids is 1. The highest BCUT2D eigenvalue weighted by Gasteiger charge is 2.08. The zero-order valence-corrected chi connectivity index (χ0v) is 12.3. The van der Waals surface area contributed by atoms with Crippen LogP contribution in [0.15, 0.2) is 48.5 Å². The van der Waals surface area contributed by atoms with E-state index in [1.54, 1.807) is 12.1 Å². The molecule has 0 amide bonds. The fraction of sp³-hybridized carbons (Fsp3) is 0.0625. The molecule has 0 aliphatic carbocycles. The molecular weight excluding hydrogens is 318 g/mol. The second kappa shape index (κ2) is 7.63. The smallest absolute Gasteiger partial charge is 0.336 e. The monoisotopic (exact) mass is 331 g/mol. The molecule has 0 bridgehead atoms. The molecule has 0 heterocycles. The van der Waals surface area contributed by atoms with Gasteiger partial charge in [-0.1, -0.05) is 24.3 Å². The molecule has 0 aliphatic heterocycles. The van der Waals surface area contributed by atoms with E-state index < -0.39 is 11.1 Å². The molecule has 0 saturated heterocycles. The van der Waals surface area contributed by atoms with Crippen LogP contribution in [-0.2, 0) is 16.2 Å². The zero-order chi connectivity index (χ0) is 17.5. The predicted molar refractivity (Wildman–Crippen MR) is 82.7 cm³/mol. The zero-order valence-electron chi connectivity index (χ0n) is 12.3. The average molecular weight is 331 g/mol. The number of para-hydroxylation sites is 1. The highest BCUT2D eigenvalue weighted by atomic mass is 16.9. The summed E-state index contributed by atoms with van der Waals surface area (Å²) in [5, 5.41) is 27.9. The van der Waals surface area contributed by atoms with Crippen molar-refractivity contribution in [3.05, 3.63) is 69.8 Å². The SMILES string of the molecule is O=C(/C=C/c1ccc(O)c(O)c1)Oc1ccccc1CO[N+](=O)[O-]. The van der Waals surface area contributed by atoms with E-state index in [2.05, 4.69) is 4.84 Å². The Labute approximate surface area is 136 Å². The van der Waals surface area contributed by atoms with Crippen LogP contribution < -0.4 is 4.74 Å². The summed E-state index contributed by atoms with van der Waals surface area (Å²) in [6, 6.07) is 10.3. The minimum absolute atomic E-state index is 0.141. The lowest BCUT2D eigenvalue weighted by atomic mass is 10.2. The standard InChI is InChI=1S/C16H13NO7/c18-13-7-5-11(9-14(13)19)6-8-16(20)24-15-4-2-1-3-12(15)10-23-17(21)22/h1-9,18-19H,10H2/b8-6+. The van der Waals surface area contributed by atoms with Crippen molar-refractivity contribution in [3.63, 3.8) is 0 Å². The van der Waals surface area contributed by atoms with Crippen molar-refractivity contribution in [3.8, 4) is 17.2 Å². The number of carbonyl (C=O) groups is 1. The summed E-state index contributed by atoms with van der Waals surface area (Å²) in [5.74, 6) is -1.15. The summed E-state index contributed by atoms with van der Waals surface area (Å²) in [5.41, 5.74) is 0.824.